The third kappa shape index (κ3) is 8.02. The number of nitrogens with one attached hydrogen (secondary N) is 2. The number of benzene rings is 4. The third-order valence-corrected chi connectivity index (χ3v) is 9.00. The Bertz CT molecular complexity index is 1740. The average molecular weight is 743 g/mol. The molecule has 1 aliphatic heterocycles. The Kier molecular flexibility index (Phi) is 11.7. The molecule has 0 saturated carbocycles. The van der Waals surface area contributed by atoms with Crippen molar-refractivity contribution < 1.29 is 28.8 Å². The molecule has 0 bridgehead atoms. The van der Waals surface area contributed by atoms with Crippen molar-refractivity contribution in [1.82, 2.24) is 10.9 Å². The van der Waals surface area contributed by atoms with Gasteiger partial charge in [0.1, 0.15) is 17.2 Å². The van der Waals surface area contributed by atoms with Gasteiger partial charge >= 0.3 is 0 Å². The van der Waals surface area contributed by atoms with Gasteiger partial charge in [0.15, 0.2) is 11.6 Å². The lowest BCUT2D eigenvalue weighted by molar-refractivity contribution is -0.130. The van der Waals surface area contributed by atoms with Gasteiger partial charge in [-0.3, -0.25) is 10.2 Å². The molecule has 3 N–H and O–H groups in total. The van der Waals surface area contributed by atoms with E-state index in [1.807, 2.05) is 48.5 Å². The number of hydrogen-bond acceptors (Lipinski definition) is 8. The maximum atomic E-state index is 14.5. The van der Waals surface area contributed by atoms with Gasteiger partial charge in [0.2, 0.25) is 5.90 Å². The smallest absolute Gasteiger partial charge is 0.266 e. The predicted octanol–water partition coefficient (Wildman–Crippen LogP) is 6.85. The van der Waals surface area contributed by atoms with E-state index in [0.29, 0.717) is 51.4 Å². The fourth-order valence-corrected chi connectivity index (χ4v) is 6.16. The number of aliphatic hydroxyl groups excluding tert-OH is 1. The number of amides is 1. The van der Waals surface area contributed by atoms with Crippen LogP contribution >= 0.6 is 39.1 Å². The summed E-state index contributed by atoms with van der Waals surface area (Å²) in [7, 11) is 3.16. The molecule has 4 aromatic rings. The van der Waals surface area contributed by atoms with E-state index in [4.69, 9.17) is 52.2 Å². The van der Waals surface area contributed by atoms with Crippen LogP contribution in [-0.4, -0.2) is 49.9 Å². The summed E-state index contributed by atoms with van der Waals surface area (Å²) in [6.45, 7) is 0.683. The Labute approximate surface area is 291 Å². The number of hydrogen-bond donors (Lipinski definition) is 3. The SMILES string of the molecule is COc1ccc(CNNC(=O)[C@@]2(Cc3ccccc3Br)N=C(c3ccc(OCCCO)cc3)O[C@H]2c2ccc(Cl)cc2Cl)c(OC)c1. The van der Waals surface area contributed by atoms with E-state index in [1.165, 1.54) is 0 Å². The zero-order valence-corrected chi connectivity index (χ0v) is 28.9. The molecule has 246 valence electrons. The molecule has 1 heterocycles. The number of halogens is 3. The van der Waals surface area contributed by atoms with Crippen molar-refractivity contribution in [2.45, 2.75) is 31.0 Å². The standard InChI is InChI=1S/C35H34BrCl2N3O6/c1-44-27-14-10-24(31(19-27)45-2)21-39-41-34(43)35(20-23-6-3-4-7-29(23)36)32(28-15-11-25(37)18-30(28)38)47-33(40-35)22-8-12-26(13-9-22)46-17-5-16-42/h3-4,6-15,18-19,32,39,42H,5,16-17,20-21H2,1-2H3,(H,41,43)/t32-,35-/m0/s1. The Morgan fingerprint density at radius 3 is 2.45 bits per heavy atom. The second-order valence-corrected chi connectivity index (χ2v) is 12.4. The van der Waals surface area contributed by atoms with Crippen molar-refractivity contribution in [3.05, 3.63) is 122 Å². The maximum Gasteiger partial charge on any atom is 0.266 e. The molecule has 4 aromatic carbocycles. The summed E-state index contributed by atoms with van der Waals surface area (Å²) in [5.41, 5.74) is 7.28. The topological polar surface area (TPSA) is 111 Å². The monoisotopic (exact) mass is 741 g/mol. The normalized spacial score (nSPS) is 17.1. The van der Waals surface area contributed by atoms with Gasteiger partial charge in [0, 0.05) is 63.3 Å². The predicted molar refractivity (Wildman–Crippen MR) is 186 cm³/mol. The molecule has 5 rings (SSSR count). The Hall–Kier alpha value is -3.80. The Morgan fingerprint density at radius 2 is 1.74 bits per heavy atom. The molecule has 0 aromatic heterocycles. The van der Waals surface area contributed by atoms with Gasteiger partial charge in [-0.1, -0.05) is 69.5 Å². The van der Waals surface area contributed by atoms with E-state index in [1.54, 1.807) is 50.6 Å². The molecule has 12 heteroatoms. The van der Waals surface area contributed by atoms with Gasteiger partial charge < -0.3 is 24.1 Å². The van der Waals surface area contributed by atoms with E-state index in [0.717, 1.165) is 15.6 Å². The van der Waals surface area contributed by atoms with Crippen molar-refractivity contribution in [2.75, 3.05) is 27.4 Å². The number of ether oxygens (including phenoxy) is 4. The molecular formula is C35H34BrCl2N3O6. The van der Waals surface area contributed by atoms with Crippen LogP contribution in [0.2, 0.25) is 10.0 Å². The minimum atomic E-state index is -1.51. The summed E-state index contributed by atoms with van der Waals surface area (Å²) in [5, 5.41) is 9.87. The van der Waals surface area contributed by atoms with Crippen LogP contribution in [0.4, 0.5) is 0 Å². The fourth-order valence-electron chi connectivity index (χ4n) is 5.23. The van der Waals surface area contributed by atoms with E-state index in [-0.39, 0.29) is 25.5 Å². The number of aliphatic hydroxyl groups is 1. The lowest BCUT2D eigenvalue weighted by atomic mass is 9.82. The first-order valence-electron chi connectivity index (χ1n) is 14.8. The summed E-state index contributed by atoms with van der Waals surface area (Å²) in [6, 6.07) is 25.4. The number of carbonyl (C=O) groups excluding carboxylic acids is 1. The molecule has 1 aliphatic rings. The van der Waals surface area contributed by atoms with Crippen molar-refractivity contribution >= 4 is 50.9 Å². The number of rotatable bonds is 14. The van der Waals surface area contributed by atoms with Gasteiger partial charge in [-0.2, -0.15) is 0 Å². The second-order valence-electron chi connectivity index (χ2n) is 10.7. The lowest BCUT2D eigenvalue weighted by Crippen LogP contribution is -2.53. The molecular weight excluding hydrogens is 709 g/mol. The first-order valence-corrected chi connectivity index (χ1v) is 16.4. The highest BCUT2D eigenvalue weighted by atomic mass is 79.9. The van der Waals surface area contributed by atoms with Crippen LogP contribution in [0.25, 0.3) is 0 Å². The van der Waals surface area contributed by atoms with Crippen LogP contribution in [0.3, 0.4) is 0 Å². The first-order chi connectivity index (χ1) is 22.8. The number of nitrogens with zero attached hydrogens (tertiary/aromatic N) is 1. The summed E-state index contributed by atoms with van der Waals surface area (Å²) in [4.78, 5) is 19.6. The van der Waals surface area contributed by atoms with Crippen molar-refractivity contribution in [1.29, 1.82) is 0 Å². The summed E-state index contributed by atoms with van der Waals surface area (Å²) in [5.74, 6) is 1.72. The molecule has 0 saturated heterocycles. The summed E-state index contributed by atoms with van der Waals surface area (Å²) >= 11 is 16.7. The van der Waals surface area contributed by atoms with Crippen LogP contribution in [0.15, 0.2) is 94.4 Å². The van der Waals surface area contributed by atoms with Crippen LogP contribution in [0.1, 0.15) is 34.8 Å². The number of hydrazine groups is 1. The third-order valence-electron chi connectivity index (χ3n) is 7.67. The number of aliphatic imine (C=N–C) groups is 1. The van der Waals surface area contributed by atoms with E-state index < -0.39 is 17.6 Å². The Balaban J connectivity index is 1.54. The molecule has 2 atom stereocenters. The molecule has 47 heavy (non-hydrogen) atoms. The zero-order valence-electron chi connectivity index (χ0n) is 25.8. The van der Waals surface area contributed by atoms with Crippen molar-refractivity contribution in [3.8, 4) is 17.2 Å². The maximum absolute atomic E-state index is 14.5. The summed E-state index contributed by atoms with van der Waals surface area (Å²) < 4.78 is 23.9. The number of carbonyl (C=O) groups is 1. The lowest BCUT2D eigenvalue weighted by Gasteiger charge is -2.31. The number of methoxy groups -OCH3 is 2. The molecule has 0 aliphatic carbocycles. The van der Waals surface area contributed by atoms with Gasteiger partial charge in [-0.05, 0) is 54.1 Å². The minimum absolute atomic E-state index is 0.0432. The minimum Gasteiger partial charge on any atom is -0.497 e. The molecule has 0 unspecified atom stereocenters. The average Bonchev–Trinajstić information content (AvgIpc) is 3.46. The fraction of sp³-hybridized carbons (Fsp3) is 0.257. The van der Waals surface area contributed by atoms with Crippen LogP contribution in [0, 0.1) is 0 Å². The van der Waals surface area contributed by atoms with E-state index in [9.17, 15) is 4.79 Å². The highest BCUT2D eigenvalue weighted by molar-refractivity contribution is 9.10. The quantitative estimate of drug-likeness (QED) is 0.0958. The van der Waals surface area contributed by atoms with Crippen molar-refractivity contribution in [3.63, 3.8) is 0 Å². The van der Waals surface area contributed by atoms with E-state index in [2.05, 4.69) is 26.8 Å². The molecule has 0 spiro atoms. The van der Waals surface area contributed by atoms with Gasteiger partial charge in [-0.15, -0.1) is 0 Å². The highest BCUT2D eigenvalue weighted by Gasteiger charge is 2.54. The van der Waals surface area contributed by atoms with Crippen molar-refractivity contribution in [2.24, 2.45) is 4.99 Å². The van der Waals surface area contributed by atoms with Gasteiger partial charge in [-0.25, -0.2) is 10.4 Å². The second kappa shape index (κ2) is 15.9. The zero-order chi connectivity index (χ0) is 33.4. The van der Waals surface area contributed by atoms with Crippen LogP contribution in [0.5, 0.6) is 17.2 Å². The molecule has 9 nitrogen and oxygen atoms in total. The molecule has 0 fully saturated rings. The Morgan fingerprint density at radius 1 is 0.979 bits per heavy atom. The van der Waals surface area contributed by atoms with E-state index >= 15 is 0 Å². The molecule has 1 amide bonds. The first kappa shape index (κ1) is 34.5. The van der Waals surface area contributed by atoms with Gasteiger partial charge in [0.05, 0.1) is 20.8 Å². The molecule has 0 radical (unpaired) electrons. The van der Waals surface area contributed by atoms with Crippen LogP contribution in [-0.2, 0) is 22.5 Å². The largest absolute Gasteiger partial charge is 0.497 e. The van der Waals surface area contributed by atoms with Gasteiger partial charge in [0.25, 0.3) is 5.91 Å². The highest BCUT2D eigenvalue weighted by Crippen LogP contribution is 2.45. The summed E-state index contributed by atoms with van der Waals surface area (Å²) in [6.07, 6.45) is -0.233. The van der Waals surface area contributed by atoms with Crippen LogP contribution < -0.4 is 25.1 Å².